The number of phenolic OH excluding ortho intramolecular Hbond substituents is 1. The van der Waals surface area contributed by atoms with E-state index in [1.165, 1.54) is 48.5 Å². The van der Waals surface area contributed by atoms with E-state index in [1.54, 1.807) is 60.7 Å². The summed E-state index contributed by atoms with van der Waals surface area (Å²) in [5, 5.41) is 9.65. The summed E-state index contributed by atoms with van der Waals surface area (Å²) in [6.07, 6.45) is 0.833. The number of benzene rings is 8. The third-order valence-electron chi connectivity index (χ3n) is 13.7. The fourth-order valence-electron chi connectivity index (χ4n) is 10.2. The molecule has 1 unspecified atom stereocenters. The highest BCUT2D eigenvalue weighted by Crippen LogP contribution is 2.53. The van der Waals surface area contributed by atoms with Gasteiger partial charge in [-0.25, -0.2) is 9.80 Å². The van der Waals surface area contributed by atoms with E-state index in [-0.39, 0.29) is 61.9 Å². The largest absolute Gasteiger partial charge is 0.508 e. The van der Waals surface area contributed by atoms with Crippen LogP contribution in [0.3, 0.4) is 0 Å². The van der Waals surface area contributed by atoms with Gasteiger partial charge < -0.3 is 14.6 Å². The third-order valence-corrected chi connectivity index (χ3v) is 13.7. The molecule has 11 nitrogen and oxygen atoms in total. The lowest BCUT2D eigenvalue weighted by Gasteiger charge is -2.28. The van der Waals surface area contributed by atoms with Crippen LogP contribution in [0.5, 0.6) is 28.7 Å². The minimum atomic E-state index is -0.548. The van der Waals surface area contributed by atoms with Crippen LogP contribution in [0.25, 0.3) is 0 Å². The zero-order valence-corrected chi connectivity index (χ0v) is 38.6. The average molecular weight is 935 g/mol. The molecule has 346 valence electrons. The van der Waals surface area contributed by atoms with Crippen molar-refractivity contribution in [1.82, 2.24) is 0 Å². The Morgan fingerprint density at radius 2 is 0.859 bits per heavy atom. The molecule has 4 amide bonds. The Kier molecular flexibility index (Phi) is 10.5. The van der Waals surface area contributed by atoms with Crippen LogP contribution in [0, 0.1) is 0 Å². The summed E-state index contributed by atoms with van der Waals surface area (Å²) in [6, 6.07) is 51.3. The molecular formula is C60H42N2O9. The van der Waals surface area contributed by atoms with E-state index in [0.29, 0.717) is 45.1 Å². The molecule has 2 aliphatic heterocycles. The first-order valence-electron chi connectivity index (χ1n) is 23.0. The topological polar surface area (TPSA) is 148 Å². The van der Waals surface area contributed by atoms with Gasteiger partial charge in [-0.2, -0.15) is 0 Å². The molecule has 11 rings (SSSR count). The van der Waals surface area contributed by atoms with E-state index in [1.807, 2.05) is 66.7 Å². The Labute approximate surface area is 408 Å². The number of fused-ring (bicyclic) bond motifs is 3. The molecule has 3 aliphatic rings. The van der Waals surface area contributed by atoms with E-state index in [4.69, 9.17) is 9.47 Å². The minimum Gasteiger partial charge on any atom is -0.508 e. The summed E-state index contributed by atoms with van der Waals surface area (Å²) in [4.78, 5) is 82.8. The number of carbonyl (C=O) groups is 6. The number of nitrogens with zero attached hydrogens (tertiary/aromatic N) is 2. The molecule has 1 aliphatic carbocycles. The normalized spacial score (nSPS) is 16.4. The van der Waals surface area contributed by atoms with Crippen molar-refractivity contribution in [3.63, 3.8) is 0 Å². The highest BCUT2D eigenvalue weighted by atomic mass is 16.5. The Hall–Kier alpha value is -9.22. The highest BCUT2D eigenvalue weighted by Gasteiger charge is 2.46. The maximum atomic E-state index is 13.9. The Balaban J connectivity index is 0.738. The van der Waals surface area contributed by atoms with Crippen molar-refractivity contribution in [3.8, 4) is 28.7 Å². The second-order valence-electron chi connectivity index (χ2n) is 18.8. The van der Waals surface area contributed by atoms with Crippen molar-refractivity contribution in [2.24, 2.45) is 0 Å². The van der Waals surface area contributed by atoms with Crippen molar-refractivity contribution >= 4 is 46.6 Å². The van der Waals surface area contributed by atoms with E-state index in [2.05, 4.69) is 26.8 Å². The van der Waals surface area contributed by atoms with Crippen molar-refractivity contribution in [2.45, 2.75) is 38.0 Å². The molecule has 0 spiro atoms. The number of ketones is 2. The van der Waals surface area contributed by atoms with Gasteiger partial charge in [0, 0.05) is 27.7 Å². The van der Waals surface area contributed by atoms with Crippen LogP contribution in [-0.2, 0) is 10.8 Å². The predicted molar refractivity (Wildman–Crippen MR) is 267 cm³/mol. The summed E-state index contributed by atoms with van der Waals surface area (Å²) in [6.45, 7) is 6.63. The van der Waals surface area contributed by atoms with Gasteiger partial charge >= 0.3 is 0 Å². The zero-order chi connectivity index (χ0) is 49.3. The van der Waals surface area contributed by atoms with Gasteiger partial charge in [0.25, 0.3) is 23.6 Å². The van der Waals surface area contributed by atoms with Crippen LogP contribution in [0.1, 0.15) is 117 Å². The molecule has 1 N–H and O–H groups in total. The van der Waals surface area contributed by atoms with Crippen LogP contribution in [0.4, 0.5) is 11.4 Å². The number of aromatic hydroxyl groups is 1. The first-order valence-corrected chi connectivity index (χ1v) is 23.0. The SMILES string of the molecule is CC1(C)CC(C)(c2ccc(C(=O)c3ccccc3)cc2)c2ccc(C(=O)c3ccc(Oc4ccc(N5C(=O)c6ccc(Oc7ccc8c(c7)C(=O)N(c7ccc(O)cc7)C8=O)cc6C5=O)cc4)cc3)cc21. The number of ether oxygens (including phenoxy) is 2. The Bertz CT molecular complexity index is 3550. The molecule has 8 aromatic rings. The second-order valence-corrected chi connectivity index (χ2v) is 18.8. The molecular weight excluding hydrogens is 893 g/mol. The number of rotatable bonds is 11. The van der Waals surface area contributed by atoms with Gasteiger partial charge in [0.05, 0.1) is 33.6 Å². The third kappa shape index (κ3) is 7.64. The molecule has 0 saturated heterocycles. The molecule has 0 saturated carbocycles. The molecule has 0 bridgehead atoms. The summed E-state index contributed by atoms with van der Waals surface area (Å²) >= 11 is 0. The Morgan fingerprint density at radius 3 is 1.41 bits per heavy atom. The highest BCUT2D eigenvalue weighted by molar-refractivity contribution is 6.35. The van der Waals surface area contributed by atoms with Gasteiger partial charge in [-0.3, -0.25) is 28.8 Å². The van der Waals surface area contributed by atoms with Crippen LogP contribution in [0.2, 0.25) is 0 Å². The van der Waals surface area contributed by atoms with Crippen molar-refractivity contribution < 1.29 is 43.3 Å². The van der Waals surface area contributed by atoms with E-state index >= 15 is 0 Å². The number of imide groups is 2. The monoisotopic (exact) mass is 934 g/mol. The first-order chi connectivity index (χ1) is 34.2. The lowest BCUT2D eigenvalue weighted by Crippen LogP contribution is -2.29. The quantitative estimate of drug-likeness (QED) is 0.0988. The second kappa shape index (κ2) is 16.8. The molecule has 8 aromatic carbocycles. The maximum absolute atomic E-state index is 13.9. The summed E-state index contributed by atoms with van der Waals surface area (Å²) in [7, 11) is 0. The van der Waals surface area contributed by atoms with Crippen LogP contribution < -0.4 is 19.3 Å². The smallest absolute Gasteiger partial charge is 0.266 e. The van der Waals surface area contributed by atoms with Crippen molar-refractivity contribution in [2.75, 3.05) is 9.80 Å². The van der Waals surface area contributed by atoms with Gasteiger partial charge in [0.15, 0.2) is 11.6 Å². The maximum Gasteiger partial charge on any atom is 0.266 e. The molecule has 2 heterocycles. The number of hydrogen-bond acceptors (Lipinski definition) is 9. The molecule has 0 fully saturated rings. The van der Waals surface area contributed by atoms with E-state index in [9.17, 15) is 33.9 Å². The molecule has 0 radical (unpaired) electrons. The number of hydrogen-bond donors (Lipinski definition) is 1. The van der Waals surface area contributed by atoms with Crippen LogP contribution >= 0.6 is 0 Å². The van der Waals surface area contributed by atoms with Crippen molar-refractivity contribution in [1.29, 1.82) is 0 Å². The predicted octanol–water partition coefficient (Wildman–Crippen LogP) is 12.0. The minimum absolute atomic E-state index is 0.00122. The van der Waals surface area contributed by atoms with Crippen molar-refractivity contribution in [3.05, 3.63) is 243 Å². The van der Waals surface area contributed by atoms with Crippen LogP contribution in [0.15, 0.2) is 182 Å². The van der Waals surface area contributed by atoms with E-state index in [0.717, 1.165) is 32.9 Å². The standard InChI is InChI=1S/C60H42N2O9/c1-59(2)34-60(3,39-14-9-36(10-15-39)53(64)35-7-5-4-6-8-35)51-30-13-38(31-52(51)59)54(65)37-11-22-43(23-12-37)70-44-24-18-41(19-25-44)62-56(67)48-29-27-46(33-50(48)58(62)69)71-45-26-28-47-49(32-45)57(68)61(55(47)66)40-16-20-42(63)21-17-40/h4-33,63H,34H2,1-3H3. The number of amides is 4. The molecule has 0 aromatic heterocycles. The van der Waals surface area contributed by atoms with Gasteiger partial charge in [-0.15, -0.1) is 0 Å². The van der Waals surface area contributed by atoms with Gasteiger partial charge in [0.1, 0.15) is 28.7 Å². The number of anilines is 2. The summed E-state index contributed by atoms with van der Waals surface area (Å²) < 4.78 is 12.1. The zero-order valence-electron chi connectivity index (χ0n) is 38.6. The number of phenols is 1. The fraction of sp³-hybridized carbons (Fsp3) is 0.100. The van der Waals surface area contributed by atoms with Gasteiger partial charge in [-0.1, -0.05) is 87.5 Å². The summed E-state index contributed by atoms with van der Waals surface area (Å²) in [5.74, 6) is -0.828. The molecule has 71 heavy (non-hydrogen) atoms. The Morgan fingerprint density at radius 1 is 0.437 bits per heavy atom. The van der Waals surface area contributed by atoms with Gasteiger partial charge in [0.2, 0.25) is 0 Å². The summed E-state index contributed by atoms with van der Waals surface area (Å²) in [5.41, 5.74) is 6.53. The number of carbonyl (C=O) groups excluding carboxylic acids is 6. The lowest BCUT2D eigenvalue weighted by atomic mass is 9.75. The van der Waals surface area contributed by atoms with E-state index < -0.39 is 23.6 Å². The first kappa shape index (κ1) is 44.3. The van der Waals surface area contributed by atoms with Crippen LogP contribution in [-0.4, -0.2) is 40.3 Å². The van der Waals surface area contributed by atoms with Gasteiger partial charge in [-0.05, 0) is 144 Å². The molecule has 1 atom stereocenters. The molecule has 11 heteroatoms. The lowest BCUT2D eigenvalue weighted by molar-refractivity contribution is 0.0910. The fourth-order valence-corrected chi connectivity index (χ4v) is 10.2. The average Bonchev–Trinajstić information content (AvgIpc) is 3.88.